The molecule has 1 saturated heterocycles. The second-order valence-electron chi connectivity index (χ2n) is 6.51. The van der Waals surface area contributed by atoms with Crippen molar-refractivity contribution < 1.29 is 29.6 Å². The molecular weight excluding hydrogens is 264 g/mol. The number of carbonyl (C=O) groups excluding carboxylic acids is 1. The Morgan fingerprint density at radius 1 is 1.10 bits per heavy atom. The van der Waals surface area contributed by atoms with Crippen LogP contribution in [0.3, 0.4) is 0 Å². The van der Waals surface area contributed by atoms with Gasteiger partial charge in [-0.3, -0.25) is 4.79 Å². The Hall–Kier alpha value is -0.690. The molecule has 1 aliphatic heterocycles. The zero-order valence-electron chi connectivity index (χ0n) is 12.6. The van der Waals surface area contributed by atoms with Gasteiger partial charge in [0.05, 0.1) is 12.5 Å². The highest BCUT2D eigenvalue weighted by Crippen LogP contribution is 2.24. The van der Waals surface area contributed by atoms with E-state index in [2.05, 4.69) is 0 Å². The van der Waals surface area contributed by atoms with Gasteiger partial charge in [-0.25, -0.2) is 0 Å². The van der Waals surface area contributed by atoms with Gasteiger partial charge < -0.3 is 24.8 Å². The van der Waals surface area contributed by atoms with Gasteiger partial charge in [-0.05, 0) is 11.8 Å². The van der Waals surface area contributed by atoms with Crippen molar-refractivity contribution in [2.24, 2.45) is 5.41 Å². The third kappa shape index (κ3) is 4.70. The molecule has 0 aromatic rings. The number of aliphatic hydroxyl groups excluding tert-OH is 3. The average molecular weight is 290 g/mol. The molecule has 0 radical (unpaired) electrons. The van der Waals surface area contributed by atoms with Crippen molar-refractivity contribution in [3.05, 3.63) is 0 Å². The predicted octanol–water partition coefficient (Wildman–Crippen LogP) is 0.226. The topological polar surface area (TPSA) is 96.2 Å². The van der Waals surface area contributed by atoms with Crippen LogP contribution in [-0.2, 0) is 14.3 Å². The third-order valence-corrected chi connectivity index (χ3v) is 3.30. The van der Waals surface area contributed by atoms with Crippen molar-refractivity contribution in [1.29, 1.82) is 0 Å². The van der Waals surface area contributed by atoms with Crippen LogP contribution in [0.1, 0.15) is 40.5 Å². The molecule has 1 heterocycles. The maximum absolute atomic E-state index is 11.6. The van der Waals surface area contributed by atoms with Crippen LogP contribution in [0.25, 0.3) is 0 Å². The Balaban J connectivity index is 2.52. The van der Waals surface area contributed by atoms with Crippen LogP contribution in [0.5, 0.6) is 0 Å². The normalized spacial score (nSPS) is 34.9. The van der Waals surface area contributed by atoms with Gasteiger partial charge in [-0.1, -0.05) is 27.7 Å². The number of rotatable bonds is 4. The number of esters is 1. The summed E-state index contributed by atoms with van der Waals surface area (Å²) in [4.78, 5) is 11.6. The van der Waals surface area contributed by atoms with Gasteiger partial charge in [-0.15, -0.1) is 0 Å². The molecule has 0 aliphatic carbocycles. The third-order valence-electron chi connectivity index (χ3n) is 3.30. The molecule has 6 nitrogen and oxygen atoms in total. The molecule has 20 heavy (non-hydrogen) atoms. The van der Waals surface area contributed by atoms with E-state index in [4.69, 9.17) is 9.47 Å². The lowest BCUT2D eigenvalue weighted by Crippen LogP contribution is -2.58. The van der Waals surface area contributed by atoms with E-state index in [-0.39, 0.29) is 24.4 Å². The monoisotopic (exact) mass is 290 g/mol. The Morgan fingerprint density at radius 2 is 1.65 bits per heavy atom. The summed E-state index contributed by atoms with van der Waals surface area (Å²) in [5.41, 5.74) is -0.176. The first-order valence-corrected chi connectivity index (χ1v) is 7.01. The number of hydrogen-bond acceptors (Lipinski definition) is 6. The Labute approximate surface area is 119 Å². The highest BCUT2D eigenvalue weighted by Gasteiger charge is 2.43. The lowest BCUT2D eigenvalue weighted by molar-refractivity contribution is -0.232. The molecular formula is C14H26O6. The molecule has 0 amide bonds. The first-order chi connectivity index (χ1) is 9.15. The molecule has 1 fully saturated rings. The second kappa shape index (κ2) is 6.85. The van der Waals surface area contributed by atoms with Crippen LogP contribution < -0.4 is 0 Å². The number of aliphatic hydroxyl groups is 3. The van der Waals surface area contributed by atoms with Crippen molar-refractivity contribution in [3.8, 4) is 0 Å². The van der Waals surface area contributed by atoms with E-state index in [9.17, 15) is 20.1 Å². The molecule has 0 saturated carbocycles. The summed E-state index contributed by atoms with van der Waals surface area (Å²) in [6.45, 7) is 7.45. The van der Waals surface area contributed by atoms with Gasteiger partial charge >= 0.3 is 5.97 Å². The lowest BCUT2D eigenvalue weighted by atomic mass is 9.92. The fraction of sp³-hybridized carbons (Fsp3) is 0.929. The van der Waals surface area contributed by atoms with Gasteiger partial charge in [0.25, 0.3) is 0 Å². The summed E-state index contributed by atoms with van der Waals surface area (Å²) in [5, 5.41) is 29.3. The summed E-state index contributed by atoms with van der Waals surface area (Å²) in [6.07, 6.45) is -4.32. The number of carbonyl (C=O) groups is 1. The molecule has 0 spiro atoms. The number of hydrogen-bond donors (Lipinski definition) is 3. The van der Waals surface area contributed by atoms with Gasteiger partial charge in [0.2, 0.25) is 0 Å². The molecule has 6 heteroatoms. The minimum atomic E-state index is -1.29. The van der Waals surface area contributed by atoms with E-state index in [1.165, 1.54) is 0 Å². The minimum Gasteiger partial charge on any atom is -0.463 e. The van der Waals surface area contributed by atoms with Gasteiger partial charge in [0, 0.05) is 0 Å². The molecule has 1 rings (SSSR count). The van der Waals surface area contributed by atoms with Gasteiger partial charge in [-0.2, -0.15) is 0 Å². The fourth-order valence-corrected chi connectivity index (χ4v) is 2.16. The predicted molar refractivity (Wildman–Crippen MR) is 72.0 cm³/mol. The first kappa shape index (κ1) is 17.4. The Morgan fingerprint density at radius 3 is 2.15 bits per heavy atom. The summed E-state index contributed by atoms with van der Waals surface area (Å²) in [6, 6.07) is 0. The van der Waals surface area contributed by atoms with Gasteiger partial charge in [0.1, 0.15) is 31.0 Å². The molecule has 5 atom stereocenters. The highest BCUT2D eigenvalue weighted by atomic mass is 16.6. The molecule has 3 N–H and O–H groups in total. The summed E-state index contributed by atoms with van der Waals surface area (Å²) in [7, 11) is 0. The fourth-order valence-electron chi connectivity index (χ4n) is 2.16. The SMILES string of the molecule is CCC1OC(COC(=O)CC(C)(C)C)C(O)C(O)C1O. The maximum atomic E-state index is 11.6. The zero-order valence-corrected chi connectivity index (χ0v) is 12.6. The van der Waals surface area contributed by atoms with Crippen molar-refractivity contribution in [2.75, 3.05) is 6.61 Å². The van der Waals surface area contributed by atoms with E-state index in [0.717, 1.165) is 0 Å². The van der Waals surface area contributed by atoms with Crippen LogP contribution in [0, 0.1) is 5.41 Å². The molecule has 5 unspecified atom stereocenters. The van der Waals surface area contributed by atoms with E-state index >= 15 is 0 Å². The largest absolute Gasteiger partial charge is 0.463 e. The number of ether oxygens (including phenoxy) is 2. The van der Waals surface area contributed by atoms with Crippen molar-refractivity contribution in [3.63, 3.8) is 0 Å². The standard InChI is InChI=1S/C14H26O6/c1-5-8-11(16)13(18)12(17)9(20-8)7-19-10(15)6-14(2,3)4/h8-9,11-13,16-18H,5-7H2,1-4H3. The summed E-state index contributed by atoms with van der Waals surface area (Å²) in [5.74, 6) is -0.373. The zero-order chi connectivity index (χ0) is 15.5. The summed E-state index contributed by atoms with van der Waals surface area (Å²) >= 11 is 0. The van der Waals surface area contributed by atoms with Crippen LogP contribution in [-0.4, -0.2) is 58.4 Å². The molecule has 0 bridgehead atoms. The van der Waals surface area contributed by atoms with Crippen molar-refractivity contribution in [1.82, 2.24) is 0 Å². The van der Waals surface area contributed by atoms with Crippen LogP contribution >= 0.6 is 0 Å². The van der Waals surface area contributed by atoms with Crippen molar-refractivity contribution >= 4 is 5.97 Å². The molecule has 0 aromatic carbocycles. The van der Waals surface area contributed by atoms with Crippen LogP contribution in [0.4, 0.5) is 0 Å². The van der Waals surface area contributed by atoms with Gasteiger partial charge in [0.15, 0.2) is 0 Å². The Kier molecular flexibility index (Phi) is 5.94. The van der Waals surface area contributed by atoms with Crippen LogP contribution in [0.2, 0.25) is 0 Å². The van der Waals surface area contributed by atoms with Crippen LogP contribution in [0.15, 0.2) is 0 Å². The molecule has 0 aromatic heterocycles. The first-order valence-electron chi connectivity index (χ1n) is 7.01. The molecule has 118 valence electrons. The highest BCUT2D eigenvalue weighted by molar-refractivity contribution is 5.70. The molecule has 1 aliphatic rings. The van der Waals surface area contributed by atoms with E-state index in [0.29, 0.717) is 6.42 Å². The second-order valence-corrected chi connectivity index (χ2v) is 6.51. The van der Waals surface area contributed by atoms with E-state index < -0.39 is 30.5 Å². The lowest BCUT2D eigenvalue weighted by Gasteiger charge is -2.40. The quantitative estimate of drug-likeness (QED) is 0.641. The van der Waals surface area contributed by atoms with Crippen molar-refractivity contribution in [2.45, 2.75) is 71.1 Å². The smallest absolute Gasteiger partial charge is 0.306 e. The van der Waals surface area contributed by atoms with E-state index in [1.807, 2.05) is 20.8 Å². The Bertz CT molecular complexity index is 322. The minimum absolute atomic E-state index is 0.129. The summed E-state index contributed by atoms with van der Waals surface area (Å²) < 4.78 is 10.6. The van der Waals surface area contributed by atoms with E-state index in [1.54, 1.807) is 6.92 Å². The maximum Gasteiger partial charge on any atom is 0.306 e. The average Bonchev–Trinajstić information content (AvgIpc) is 2.33.